The zero-order valence-electron chi connectivity index (χ0n) is 14.0. The minimum absolute atomic E-state index is 0.00658. The van der Waals surface area contributed by atoms with Gasteiger partial charge in [0.1, 0.15) is 12.1 Å². The second-order valence-electron chi connectivity index (χ2n) is 7.23. The maximum Gasteiger partial charge on any atom is 0.129 e. The van der Waals surface area contributed by atoms with Gasteiger partial charge in [0.2, 0.25) is 0 Å². The highest BCUT2D eigenvalue weighted by atomic mass is 16.3. The van der Waals surface area contributed by atoms with Crippen molar-refractivity contribution in [3.8, 4) is 0 Å². The molecule has 1 aromatic heterocycles. The number of aliphatic hydroxyl groups excluding tert-OH is 2. The predicted octanol–water partition coefficient (Wildman–Crippen LogP) is 1.08. The second-order valence-corrected chi connectivity index (χ2v) is 7.23. The quantitative estimate of drug-likeness (QED) is 0.697. The van der Waals surface area contributed by atoms with Crippen LogP contribution < -0.4 is 5.32 Å². The van der Waals surface area contributed by atoms with Gasteiger partial charge in [-0.1, -0.05) is 13.8 Å². The third-order valence-electron chi connectivity index (χ3n) is 5.20. The van der Waals surface area contributed by atoms with Crippen molar-refractivity contribution < 1.29 is 10.2 Å². The molecule has 0 unspecified atom stereocenters. The number of likely N-dealkylation sites (tertiary alicyclic amines) is 1. The minimum Gasteiger partial charge on any atom is -0.395 e. The van der Waals surface area contributed by atoms with Crippen molar-refractivity contribution in [2.45, 2.75) is 44.7 Å². The Kier molecular flexibility index (Phi) is 5.14. The van der Waals surface area contributed by atoms with E-state index in [0.29, 0.717) is 17.8 Å². The zero-order valence-corrected chi connectivity index (χ0v) is 14.0. The van der Waals surface area contributed by atoms with Crippen molar-refractivity contribution >= 4 is 5.82 Å². The van der Waals surface area contributed by atoms with Gasteiger partial charge in [-0.05, 0) is 24.7 Å². The summed E-state index contributed by atoms with van der Waals surface area (Å²) in [4.78, 5) is 10.9. The summed E-state index contributed by atoms with van der Waals surface area (Å²) in [5, 5.41) is 22.5. The van der Waals surface area contributed by atoms with Crippen molar-refractivity contribution in [1.29, 1.82) is 0 Å². The molecule has 0 spiro atoms. The summed E-state index contributed by atoms with van der Waals surface area (Å²) in [6.45, 7) is 6.15. The fraction of sp³-hybridized carbons (Fsp3) is 0.765. The first-order chi connectivity index (χ1) is 11.1. The third-order valence-corrected chi connectivity index (χ3v) is 5.20. The summed E-state index contributed by atoms with van der Waals surface area (Å²) >= 11 is 0. The number of aromatic nitrogens is 2. The Morgan fingerprint density at radius 3 is 2.57 bits per heavy atom. The van der Waals surface area contributed by atoms with Crippen molar-refractivity contribution in [2.24, 2.45) is 11.8 Å². The smallest absolute Gasteiger partial charge is 0.129 e. The number of nitrogens with zero attached hydrogens (tertiary/aromatic N) is 3. The number of hydrogen-bond acceptors (Lipinski definition) is 6. The van der Waals surface area contributed by atoms with Crippen LogP contribution in [0.4, 0.5) is 5.82 Å². The molecule has 2 atom stereocenters. The Labute approximate surface area is 138 Å². The van der Waals surface area contributed by atoms with Crippen LogP contribution >= 0.6 is 0 Å². The average molecular weight is 320 g/mol. The Bertz CT molecular complexity index is 517. The molecular weight excluding hydrogens is 292 g/mol. The molecule has 6 heteroatoms. The lowest BCUT2D eigenvalue weighted by atomic mass is 9.91. The van der Waals surface area contributed by atoms with Gasteiger partial charge in [-0.2, -0.15) is 0 Å². The Balaban J connectivity index is 1.70. The normalized spacial score (nSPS) is 25.5. The monoisotopic (exact) mass is 320 g/mol. The molecule has 1 aliphatic carbocycles. The fourth-order valence-corrected chi connectivity index (χ4v) is 3.52. The lowest BCUT2D eigenvalue weighted by molar-refractivity contribution is 0.0862. The van der Waals surface area contributed by atoms with Crippen molar-refractivity contribution in [2.75, 3.05) is 31.6 Å². The van der Waals surface area contributed by atoms with E-state index >= 15 is 0 Å². The van der Waals surface area contributed by atoms with Gasteiger partial charge in [0, 0.05) is 36.8 Å². The molecule has 1 saturated carbocycles. The molecule has 1 aromatic rings. The van der Waals surface area contributed by atoms with Crippen LogP contribution in [0.15, 0.2) is 12.4 Å². The lowest BCUT2D eigenvalue weighted by Gasteiger charge is -2.24. The number of anilines is 1. The van der Waals surface area contributed by atoms with Crippen molar-refractivity contribution in [3.05, 3.63) is 18.1 Å². The van der Waals surface area contributed by atoms with E-state index in [1.807, 2.05) is 0 Å². The molecule has 128 valence electrons. The summed E-state index contributed by atoms with van der Waals surface area (Å²) in [6.07, 6.45) is 4.12. The fourth-order valence-electron chi connectivity index (χ4n) is 3.52. The number of rotatable bonds is 7. The molecule has 2 heterocycles. The van der Waals surface area contributed by atoms with Crippen LogP contribution in [0.1, 0.15) is 38.3 Å². The van der Waals surface area contributed by atoms with Crippen molar-refractivity contribution in [1.82, 2.24) is 14.9 Å². The molecular formula is C17H28N4O2. The van der Waals surface area contributed by atoms with Gasteiger partial charge >= 0.3 is 0 Å². The van der Waals surface area contributed by atoms with Gasteiger partial charge in [0.15, 0.2) is 0 Å². The van der Waals surface area contributed by atoms with Gasteiger partial charge in [0.05, 0.1) is 19.3 Å². The average Bonchev–Trinajstić information content (AvgIpc) is 3.31. The standard InChI is InChI=1S/C17H28N4O2/c1-11(2)14-6-21(13(8-22)9-23)7-16(14)20-17-5-15(12-3-4-12)18-10-19-17/h5,10-14,16,22-23H,3-4,6-9H2,1-2H3,(H,18,19,20)/t14-,16+/m1/s1. The summed E-state index contributed by atoms with van der Waals surface area (Å²) in [5.74, 6) is 2.51. The topological polar surface area (TPSA) is 81.5 Å². The van der Waals surface area contributed by atoms with Crippen LogP contribution in [0, 0.1) is 11.8 Å². The van der Waals surface area contributed by atoms with Crippen LogP contribution in [0.5, 0.6) is 0 Å². The molecule has 1 saturated heterocycles. The van der Waals surface area contributed by atoms with E-state index in [1.54, 1.807) is 6.33 Å². The molecule has 2 fully saturated rings. The molecule has 23 heavy (non-hydrogen) atoms. The highest BCUT2D eigenvalue weighted by Gasteiger charge is 2.37. The van der Waals surface area contributed by atoms with Gasteiger partial charge in [-0.3, -0.25) is 4.90 Å². The van der Waals surface area contributed by atoms with Gasteiger partial charge in [-0.25, -0.2) is 9.97 Å². The second kappa shape index (κ2) is 7.11. The maximum absolute atomic E-state index is 9.45. The minimum atomic E-state index is -0.171. The number of aliphatic hydroxyl groups is 2. The molecule has 0 aromatic carbocycles. The molecule has 0 amide bonds. The molecule has 0 bridgehead atoms. The predicted molar refractivity (Wildman–Crippen MR) is 89.3 cm³/mol. The number of nitrogens with one attached hydrogen (secondary N) is 1. The molecule has 3 rings (SSSR count). The maximum atomic E-state index is 9.45. The summed E-state index contributed by atoms with van der Waals surface area (Å²) in [5.41, 5.74) is 1.14. The van der Waals surface area contributed by atoms with Gasteiger partial charge < -0.3 is 15.5 Å². The van der Waals surface area contributed by atoms with Gasteiger partial charge in [-0.15, -0.1) is 0 Å². The highest BCUT2D eigenvalue weighted by molar-refractivity contribution is 5.38. The molecule has 0 radical (unpaired) electrons. The largest absolute Gasteiger partial charge is 0.395 e. The zero-order chi connectivity index (χ0) is 16.4. The summed E-state index contributed by atoms with van der Waals surface area (Å²) < 4.78 is 0. The van der Waals surface area contributed by atoms with Crippen LogP contribution in [0.2, 0.25) is 0 Å². The SMILES string of the molecule is CC(C)[C@H]1CN(C(CO)CO)C[C@@H]1Nc1cc(C2CC2)ncn1. The summed E-state index contributed by atoms with van der Waals surface area (Å²) in [7, 11) is 0. The highest BCUT2D eigenvalue weighted by Crippen LogP contribution is 2.39. The van der Waals surface area contributed by atoms with E-state index in [0.717, 1.165) is 24.6 Å². The van der Waals surface area contributed by atoms with E-state index in [1.165, 1.54) is 12.8 Å². The Morgan fingerprint density at radius 2 is 1.96 bits per heavy atom. The first kappa shape index (κ1) is 16.6. The van der Waals surface area contributed by atoms with E-state index < -0.39 is 0 Å². The molecule has 3 N–H and O–H groups in total. The van der Waals surface area contributed by atoms with Crippen LogP contribution in [0.3, 0.4) is 0 Å². The summed E-state index contributed by atoms with van der Waals surface area (Å²) in [6, 6.07) is 2.18. The van der Waals surface area contributed by atoms with E-state index in [2.05, 4.69) is 40.1 Å². The first-order valence-electron chi connectivity index (χ1n) is 8.66. The van der Waals surface area contributed by atoms with E-state index in [-0.39, 0.29) is 25.3 Å². The van der Waals surface area contributed by atoms with E-state index in [9.17, 15) is 10.2 Å². The van der Waals surface area contributed by atoms with E-state index in [4.69, 9.17) is 0 Å². The molecule has 2 aliphatic rings. The van der Waals surface area contributed by atoms with Crippen molar-refractivity contribution in [3.63, 3.8) is 0 Å². The molecule has 1 aliphatic heterocycles. The molecule has 6 nitrogen and oxygen atoms in total. The van der Waals surface area contributed by atoms with Gasteiger partial charge in [0.25, 0.3) is 0 Å². The lowest BCUT2D eigenvalue weighted by Crippen LogP contribution is -2.40. The van der Waals surface area contributed by atoms with Crippen LogP contribution in [-0.2, 0) is 0 Å². The first-order valence-corrected chi connectivity index (χ1v) is 8.66. The number of hydrogen-bond donors (Lipinski definition) is 3. The van der Waals surface area contributed by atoms with Crippen LogP contribution in [-0.4, -0.2) is 63.5 Å². The van der Waals surface area contributed by atoms with Crippen LogP contribution in [0.25, 0.3) is 0 Å². The Hall–Kier alpha value is -1.24. The third kappa shape index (κ3) is 3.82. The Morgan fingerprint density at radius 1 is 1.22 bits per heavy atom.